The van der Waals surface area contributed by atoms with E-state index in [1.807, 2.05) is 27.7 Å². The summed E-state index contributed by atoms with van der Waals surface area (Å²) >= 11 is 0. The minimum Gasteiger partial charge on any atom is -0.460 e. The predicted octanol–water partition coefficient (Wildman–Crippen LogP) is 7.81. The molecule has 0 aliphatic carbocycles. The summed E-state index contributed by atoms with van der Waals surface area (Å²) in [4.78, 5) is 12.1. The van der Waals surface area contributed by atoms with Crippen LogP contribution >= 0.6 is 0 Å². The molecule has 31 heavy (non-hydrogen) atoms. The van der Waals surface area contributed by atoms with Crippen LogP contribution in [0.3, 0.4) is 0 Å². The number of benzene rings is 1. The molecule has 0 aromatic heterocycles. The van der Waals surface area contributed by atoms with Crippen molar-refractivity contribution in [3.8, 4) is 0 Å². The number of carbonyl (C=O) groups is 1. The summed E-state index contributed by atoms with van der Waals surface area (Å²) in [5.41, 5.74) is 1.87. The molecule has 3 heteroatoms. The van der Waals surface area contributed by atoms with Gasteiger partial charge >= 0.3 is 5.97 Å². The van der Waals surface area contributed by atoms with Crippen LogP contribution in [-0.2, 0) is 27.3 Å². The maximum Gasteiger partial charge on any atom is 0.309 e. The smallest absolute Gasteiger partial charge is 0.309 e. The molecule has 0 saturated heterocycles. The summed E-state index contributed by atoms with van der Waals surface area (Å²) in [5, 5.41) is 0. The number of rotatable bonds is 16. The van der Waals surface area contributed by atoms with Gasteiger partial charge in [-0.15, -0.1) is 0 Å². The van der Waals surface area contributed by atoms with Gasteiger partial charge in [0.15, 0.2) is 0 Å². The SMILES string of the molecule is CCCCCCCCCCC=CCOCc1ccc(CC(C)C(=O)OC(C)(C)C)cc1. The van der Waals surface area contributed by atoms with Crippen molar-refractivity contribution >= 4 is 5.97 Å². The van der Waals surface area contributed by atoms with Crippen molar-refractivity contribution < 1.29 is 14.3 Å². The highest BCUT2D eigenvalue weighted by Crippen LogP contribution is 2.16. The number of hydrogen-bond acceptors (Lipinski definition) is 3. The van der Waals surface area contributed by atoms with Gasteiger partial charge in [0.2, 0.25) is 0 Å². The van der Waals surface area contributed by atoms with Crippen LogP contribution in [-0.4, -0.2) is 18.2 Å². The third-order valence-corrected chi connectivity index (χ3v) is 5.25. The van der Waals surface area contributed by atoms with E-state index in [-0.39, 0.29) is 11.9 Å². The molecule has 1 rings (SSSR count). The third-order valence-electron chi connectivity index (χ3n) is 5.25. The first kappa shape index (κ1) is 27.4. The van der Waals surface area contributed by atoms with E-state index in [1.165, 1.54) is 51.4 Å². The predicted molar refractivity (Wildman–Crippen MR) is 131 cm³/mol. The van der Waals surface area contributed by atoms with E-state index >= 15 is 0 Å². The van der Waals surface area contributed by atoms with Crippen LogP contribution in [0.5, 0.6) is 0 Å². The highest BCUT2D eigenvalue weighted by molar-refractivity contribution is 5.72. The average Bonchev–Trinajstić information content (AvgIpc) is 2.71. The van der Waals surface area contributed by atoms with Crippen molar-refractivity contribution in [2.75, 3.05) is 6.61 Å². The third kappa shape index (κ3) is 14.9. The highest BCUT2D eigenvalue weighted by Gasteiger charge is 2.21. The lowest BCUT2D eigenvalue weighted by atomic mass is 10.00. The summed E-state index contributed by atoms with van der Waals surface area (Å²) in [6, 6.07) is 8.33. The highest BCUT2D eigenvalue weighted by atomic mass is 16.6. The van der Waals surface area contributed by atoms with Gasteiger partial charge in [-0.1, -0.05) is 95.2 Å². The first-order chi connectivity index (χ1) is 14.8. The van der Waals surface area contributed by atoms with Gasteiger partial charge in [0, 0.05) is 0 Å². The second-order valence-corrected chi connectivity index (χ2v) is 9.71. The van der Waals surface area contributed by atoms with Crippen LogP contribution in [0.4, 0.5) is 0 Å². The first-order valence-electron chi connectivity index (χ1n) is 12.3. The first-order valence-corrected chi connectivity index (χ1v) is 12.3. The number of carbonyl (C=O) groups excluding carboxylic acids is 1. The zero-order chi connectivity index (χ0) is 23.0. The maximum absolute atomic E-state index is 12.1. The molecule has 0 amide bonds. The Morgan fingerprint density at radius 2 is 1.48 bits per heavy atom. The number of ether oxygens (including phenoxy) is 2. The van der Waals surface area contributed by atoms with E-state index in [0.717, 1.165) is 17.5 Å². The Hall–Kier alpha value is -1.61. The molecule has 1 aromatic carbocycles. The van der Waals surface area contributed by atoms with Crippen molar-refractivity contribution in [1.82, 2.24) is 0 Å². The number of esters is 1. The normalized spacial score (nSPS) is 12.9. The summed E-state index contributed by atoms with van der Waals surface area (Å²) in [5.74, 6) is -0.286. The molecule has 0 fully saturated rings. The van der Waals surface area contributed by atoms with Crippen LogP contribution < -0.4 is 0 Å². The molecule has 3 nitrogen and oxygen atoms in total. The molecule has 0 heterocycles. The van der Waals surface area contributed by atoms with Gasteiger partial charge in [-0.3, -0.25) is 4.79 Å². The Bertz CT molecular complexity index is 610. The number of allylic oxidation sites excluding steroid dienone is 1. The topological polar surface area (TPSA) is 35.5 Å². The maximum atomic E-state index is 12.1. The molecule has 1 unspecified atom stereocenters. The molecule has 0 bridgehead atoms. The van der Waals surface area contributed by atoms with Gasteiger partial charge in [0.25, 0.3) is 0 Å². The van der Waals surface area contributed by atoms with Crippen molar-refractivity contribution in [1.29, 1.82) is 0 Å². The van der Waals surface area contributed by atoms with Crippen molar-refractivity contribution in [2.24, 2.45) is 5.92 Å². The van der Waals surface area contributed by atoms with Crippen molar-refractivity contribution in [2.45, 2.75) is 111 Å². The second-order valence-electron chi connectivity index (χ2n) is 9.71. The second kappa shape index (κ2) is 16.1. The summed E-state index contributed by atoms with van der Waals surface area (Å²) in [6.45, 7) is 11.2. The zero-order valence-electron chi connectivity index (χ0n) is 20.8. The molecule has 0 radical (unpaired) electrons. The van der Waals surface area contributed by atoms with Crippen LogP contribution in [0.2, 0.25) is 0 Å². The number of unbranched alkanes of at least 4 members (excludes halogenated alkanes) is 8. The fraction of sp³-hybridized carbons (Fsp3) is 0.679. The Balaban J connectivity index is 2.13. The lowest BCUT2D eigenvalue weighted by Crippen LogP contribution is -2.28. The molecular formula is C28H46O3. The summed E-state index contributed by atoms with van der Waals surface area (Å²) < 4.78 is 11.2. The molecule has 1 aromatic rings. The molecule has 1 atom stereocenters. The van der Waals surface area contributed by atoms with Crippen LogP contribution in [0.25, 0.3) is 0 Å². The van der Waals surface area contributed by atoms with E-state index in [9.17, 15) is 4.79 Å². The average molecular weight is 431 g/mol. The molecule has 0 spiro atoms. The van der Waals surface area contributed by atoms with Gasteiger partial charge in [-0.2, -0.15) is 0 Å². The molecule has 0 aliphatic rings. The van der Waals surface area contributed by atoms with Crippen LogP contribution in [0.15, 0.2) is 36.4 Å². The lowest BCUT2D eigenvalue weighted by molar-refractivity contribution is -0.159. The van der Waals surface area contributed by atoms with E-state index in [4.69, 9.17) is 9.47 Å². The molecular weight excluding hydrogens is 384 g/mol. The minimum atomic E-state index is -0.436. The standard InChI is InChI=1S/C28H46O3/c1-6-7-8-9-10-11-12-13-14-15-16-21-30-23-26-19-17-25(18-20-26)22-24(2)27(29)31-28(3,4)5/h15-20,24H,6-14,21-23H2,1-5H3. The molecule has 0 saturated carbocycles. The van der Waals surface area contributed by atoms with Crippen molar-refractivity contribution in [3.63, 3.8) is 0 Å². The quantitative estimate of drug-likeness (QED) is 0.152. The van der Waals surface area contributed by atoms with E-state index < -0.39 is 5.60 Å². The summed E-state index contributed by atoms with van der Waals surface area (Å²) in [7, 11) is 0. The largest absolute Gasteiger partial charge is 0.460 e. The van der Waals surface area contributed by atoms with Crippen LogP contribution in [0, 0.1) is 5.92 Å². The monoisotopic (exact) mass is 430 g/mol. The Kier molecular flexibility index (Phi) is 14.2. The Morgan fingerprint density at radius 3 is 2.10 bits per heavy atom. The van der Waals surface area contributed by atoms with Crippen molar-refractivity contribution in [3.05, 3.63) is 47.5 Å². The van der Waals surface area contributed by atoms with Gasteiger partial charge < -0.3 is 9.47 Å². The molecule has 0 aliphatic heterocycles. The van der Waals surface area contributed by atoms with E-state index in [0.29, 0.717) is 19.6 Å². The van der Waals surface area contributed by atoms with Crippen LogP contribution in [0.1, 0.15) is 104 Å². The van der Waals surface area contributed by atoms with Gasteiger partial charge in [-0.05, 0) is 51.2 Å². The Labute approximate surface area is 191 Å². The van der Waals surface area contributed by atoms with Gasteiger partial charge in [0.1, 0.15) is 5.60 Å². The molecule has 176 valence electrons. The van der Waals surface area contributed by atoms with Gasteiger partial charge in [0.05, 0.1) is 19.1 Å². The lowest BCUT2D eigenvalue weighted by Gasteiger charge is -2.22. The fourth-order valence-corrected chi connectivity index (χ4v) is 3.44. The van der Waals surface area contributed by atoms with Gasteiger partial charge in [-0.25, -0.2) is 0 Å². The minimum absolute atomic E-state index is 0.140. The fourth-order valence-electron chi connectivity index (χ4n) is 3.44. The number of hydrogen-bond donors (Lipinski definition) is 0. The summed E-state index contributed by atoms with van der Waals surface area (Å²) in [6.07, 6.45) is 17.2. The van der Waals surface area contributed by atoms with E-state index in [2.05, 4.69) is 43.3 Å². The zero-order valence-corrected chi connectivity index (χ0v) is 20.8. The Morgan fingerprint density at radius 1 is 0.903 bits per heavy atom. The van der Waals surface area contributed by atoms with E-state index in [1.54, 1.807) is 0 Å². The molecule has 0 N–H and O–H groups in total.